The predicted molar refractivity (Wildman–Crippen MR) is 149 cm³/mol. The Hall–Kier alpha value is -2.36. The maximum atomic E-state index is 13.5. The fraction of sp³-hybridized carbons (Fsp3) is 0.419. The van der Waals surface area contributed by atoms with Gasteiger partial charge in [0.05, 0.1) is 10.9 Å². The van der Waals surface area contributed by atoms with Crippen LogP contribution in [0.1, 0.15) is 52.0 Å². The average Bonchev–Trinajstić information content (AvgIpc) is 3.54. The third-order valence-corrected chi connectivity index (χ3v) is 11.0. The van der Waals surface area contributed by atoms with Crippen LogP contribution in [0.4, 0.5) is 17.6 Å². The monoisotopic (exact) mass is 594 g/mol. The summed E-state index contributed by atoms with van der Waals surface area (Å²) in [5, 5.41) is -5.52. The second kappa shape index (κ2) is 11.5. The summed E-state index contributed by atoms with van der Waals surface area (Å²) in [6.45, 7) is 6.78. The van der Waals surface area contributed by atoms with Gasteiger partial charge in [-0.3, -0.25) is 0 Å². The van der Waals surface area contributed by atoms with Gasteiger partial charge in [0.25, 0.3) is 0 Å². The van der Waals surface area contributed by atoms with Crippen molar-refractivity contribution in [2.24, 2.45) is 17.8 Å². The summed E-state index contributed by atoms with van der Waals surface area (Å²) in [7, 11) is -6.40. The van der Waals surface area contributed by atoms with E-state index in [1.165, 1.54) is 20.2 Å². The molecule has 3 atom stereocenters. The van der Waals surface area contributed by atoms with Crippen molar-refractivity contribution >= 4 is 21.0 Å². The van der Waals surface area contributed by atoms with Crippen molar-refractivity contribution < 1.29 is 30.5 Å². The van der Waals surface area contributed by atoms with Crippen LogP contribution in [-0.4, -0.2) is 24.1 Å². The number of hydrogen-bond donors (Lipinski definition) is 0. The van der Waals surface area contributed by atoms with Gasteiger partial charge in [0.15, 0.2) is 24.8 Å². The first-order valence-electron chi connectivity index (χ1n) is 13.3. The highest BCUT2D eigenvalue weighted by Gasteiger charge is 2.68. The van der Waals surface area contributed by atoms with E-state index in [-0.39, 0.29) is 28.6 Å². The molecule has 5 rings (SSSR count). The van der Waals surface area contributed by atoms with Gasteiger partial charge in [-0.1, -0.05) is 75.7 Å². The van der Waals surface area contributed by atoms with Crippen LogP contribution in [0.15, 0.2) is 99.6 Å². The Labute approximate surface area is 237 Å². The van der Waals surface area contributed by atoms with Crippen molar-refractivity contribution in [3.63, 3.8) is 0 Å². The highest BCUT2D eigenvalue weighted by molar-refractivity contribution is 7.97. The highest BCUT2D eigenvalue weighted by Crippen LogP contribution is 2.58. The van der Waals surface area contributed by atoms with E-state index < -0.39 is 33.1 Å². The topological polar surface area (TPSA) is 57.2 Å². The molecule has 0 saturated heterocycles. The van der Waals surface area contributed by atoms with Gasteiger partial charge in [0.2, 0.25) is 0 Å². The van der Waals surface area contributed by atoms with Crippen LogP contribution < -0.4 is 0 Å². The Morgan fingerprint density at radius 2 is 1.20 bits per heavy atom. The molecular formula is C31H34F4O3S2. The zero-order valence-corrected chi connectivity index (χ0v) is 24.3. The first kappa shape index (κ1) is 30.6. The van der Waals surface area contributed by atoms with Crippen LogP contribution in [0.25, 0.3) is 0 Å². The van der Waals surface area contributed by atoms with Gasteiger partial charge in [-0.05, 0) is 78.5 Å². The molecule has 2 bridgehead atoms. The van der Waals surface area contributed by atoms with Gasteiger partial charge in [0, 0.05) is 5.92 Å². The molecule has 216 valence electrons. The van der Waals surface area contributed by atoms with E-state index in [9.17, 15) is 30.5 Å². The van der Waals surface area contributed by atoms with Gasteiger partial charge in [-0.2, -0.15) is 17.6 Å². The van der Waals surface area contributed by atoms with E-state index in [2.05, 4.69) is 106 Å². The van der Waals surface area contributed by atoms with E-state index in [4.69, 9.17) is 0 Å². The summed E-state index contributed by atoms with van der Waals surface area (Å²) < 4.78 is 84.0. The Balaban J connectivity index is 0.000000194. The van der Waals surface area contributed by atoms with Crippen molar-refractivity contribution in [1.82, 2.24) is 0 Å². The van der Waals surface area contributed by atoms with E-state index in [0.29, 0.717) is 19.3 Å². The zero-order valence-electron chi connectivity index (χ0n) is 22.7. The Morgan fingerprint density at radius 3 is 1.57 bits per heavy atom. The normalized spacial score (nSPS) is 21.3. The molecule has 3 aromatic rings. The van der Waals surface area contributed by atoms with E-state index >= 15 is 0 Å². The van der Waals surface area contributed by atoms with Crippen molar-refractivity contribution in [2.45, 2.75) is 77.7 Å². The molecule has 3 nitrogen and oxygen atoms in total. The molecule has 0 radical (unpaired) electrons. The lowest BCUT2D eigenvalue weighted by atomic mass is 9.84. The summed E-state index contributed by atoms with van der Waals surface area (Å²) in [6, 6.07) is 30.7. The molecule has 0 aromatic heterocycles. The zero-order chi connectivity index (χ0) is 29.3. The molecule has 2 aliphatic carbocycles. The molecule has 0 aliphatic heterocycles. The van der Waals surface area contributed by atoms with Crippen LogP contribution in [0.2, 0.25) is 0 Å². The molecule has 0 spiro atoms. The van der Waals surface area contributed by atoms with Gasteiger partial charge in [-0.15, -0.1) is 0 Å². The number of alkyl halides is 4. The Bertz CT molecular complexity index is 1330. The van der Waals surface area contributed by atoms with Crippen molar-refractivity contribution in [2.75, 3.05) is 0 Å². The summed E-state index contributed by atoms with van der Waals surface area (Å²) in [6.07, 6.45) is 1.42. The molecular weight excluding hydrogens is 560 g/mol. The van der Waals surface area contributed by atoms with E-state index in [0.717, 1.165) is 0 Å². The largest absolute Gasteiger partial charge is 0.743 e. The molecule has 9 heteroatoms. The molecule has 40 heavy (non-hydrogen) atoms. The molecule has 3 unspecified atom stereocenters. The predicted octanol–water partition coefficient (Wildman–Crippen LogP) is 8.28. The highest BCUT2D eigenvalue weighted by atomic mass is 32.2. The minimum absolute atomic E-state index is 0.0407. The molecule has 0 heterocycles. The molecule has 2 aliphatic rings. The molecule has 0 amide bonds. The molecule has 3 aromatic carbocycles. The summed E-state index contributed by atoms with van der Waals surface area (Å²) >= 11 is 0. The number of fused-ring (bicyclic) bond motifs is 2. The fourth-order valence-corrected chi connectivity index (χ4v) is 8.25. The maximum absolute atomic E-state index is 13.5. The quantitative estimate of drug-likeness (QED) is 0.164. The second-order valence-corrected chi connectivity index (χ2v) is 15.0. The smallest absolute Gasteiger partial charge is 0.396 e. The average molecular weight is 595 g/mol. The van der Waals surface area contributed by atoms with E-state index in [1.807, 2.05) is 0 Å². The number of hydrogen-bond acceptors (Lipinski definition) is 3. The standard InChI is InChI=1S/C22H23S.C9H12F4O3S/c1-22(2,3)18-14-16-21(17-15-18)23(19-10-6-4-7-11-19)20-12-8-5-9-13-20;10-8(11,9(12,13)17(14,15)16)7-4-5-1-2-6(7)3-5/h4-17H,1-3H3;5-7H,1-4H2,(H,14,15,16)/q+1;/p-1. The Kier molecular flexibility index (Phi) is 8.79. The lowest BCUT2D eigenvalue weighted by Gasteiger charge is -2.36. The minimum atomic E-state index is -6.35. The van der Waals surface area contributed by atoms with Crippen molar-refractivity contribution in [3.05, 3.63) is 90.5 Å². The second-order valence-electron chi connectivity index (χ2n) is 11.6. The summed E-state index contributed by atoms with van der Waals surface area (Å²) in [5.74, 6) is -7.10. The van der Waals surface area contributed by atoms with Gasteiger partial charge < -0.3 is 4.55 Å². The van der Waals surface area contributed by atoms with Crippen LogP contribution in [0, 0.1) is 17.8 Å². The van der Waals surface area contributed by atoms with E-state index in [1.54, 1.807) is 0 Å². The van der Waals surface area contributed by atoms with Crippen molar-refractivity contribution in [3.8, 4) is 0 Å². The molecule has 2 fully saturated rings. The lowest BCUT2D eigenvalue weighted by Crippen LogP contribution is -2.52. The van der Waals surface area contributed by atoms with Crippen LogP contribution in [0.5, 0.6) is 0 Å². The Morgan fingerprint density at radius 1 is 0.725 bits per heavy atom. The fourth-order valence-electron chi connectivity index (χ4n) is 5.68. The SMILES string of the molecule is CC(C)(C)c1ccc([S+](c2ccccc2)c2ccccc2)cc1.O=S(=O)([O-])C(F)(F)C(F)(F)C1CC2CCC1C2. The minimum Gasteiger partial charge on any atom is -0.743 e. The number of halogens is 4. The summed E-state index contributed by atoms with van der Waals surface area (Å²) in [4.78, 5) is 4.10. The number of benzene rings is 3. The third kappa shape index (κ3) is 6.26. The van der Waals surface area contributed by atoms with Gasteiger partial charge in [-0.25, -0.2) is 8.42 Å². The first-order chi connectivity index (χ1) is 18.6. The molecule has 2 saturated carbocycles. The van der Waals surface area contributed by atoms with Gasteiger partial charge in [0.1, 0.15) is 0 Å². The van der Waals surface area contributed by atoms with Crippen LogP contribution >= 0.6 is 0 Å². The summed E-state index contributed by atoms with van der Waals surface area (Å²) in [5.41, 5.74) is 1.57. The van der Waals surface area contributed by atoms with Gasteiger partial charge >= 0.3 is 11.2 Å². The van der Waals surface area contributed by atoms with Crippen molar-refractivity contribution in [1.29, 1.82) is 0 Å². The number of rotatable bonds is 6. The molecule has 0 N–H and O–H groups in total. The first-order valence-corrected chi connectivity index (χ1v) is 15.9. The third-order valence-electron chi connectivity index (χ3n) is 7.82. The van der Waals surface area contributed by atoms with Crippen LogP contribution in [-0.2, 0) is 26.4 Å². The van der Waals surface area contributed by atoms with Crippen LogP contribution in [0.3, 0.4) is 0 Å². The maximum Gasteiger partial charge on any atom is 0.396 e. The lowest BCUT2D eigenvalue weighted by molar-refractivity contribution is -0.202.